The number of rotatable bonds is 2. The molecule has 2 fully saturated rings. The van der Waals surface area contributed by atoms with Crippen molar-refractivity contribution in [3.63, 3.8) is 0 Å². The van der Waals surface area contributed by atoms with Crippen LogP contribution in [0, 0.1) is 0 Å². The third-order valence-corrected chi connectivity index (χ3v) is 13.1. The van der Waals surface area contributed by atoms with E-state index in [0.29, 0.717) is 6.04 Å². The first-order valence-corrected chi connectivity index (χ1v) is 13.8. The molecule has 21 heavy (non-hydrogen) atoms. The molecule has 2 aliphatic rings. The Morgan fingerprint density at radius 3 is 1.90 bits per heavy atom. The first-order valence-electron chi connectivity index (χ1n) is 8.14. The van der Waals surface area contributed by atoms with Crippen molar-refractivity contribution >= 4 is 18.6 Å². The molecule has 0 aromatic carbocycles. The van der Waals surface area contributed by atoms with Crippen LogP contribution >= 0.6 is 18.6 Å². The number of hydrogen-bond donors (Lipinski definition) is 0. The fourth-order valence-corrected chi connectivity index (χ4v) is 8.33. The number of hydrogen-bond acceptors (Lipinski definition) is 3. The summed E-state index contributed by atoms with van der Waals surface area (Å²) in [5, 5.41) is 0. The van der Waals surface area contributed by atoms with Crippen molar-refractivity contribution in [2.24, 2.45) is 3.42 Å². The summed E-state index contributed by atoms with van der Waals surface area (Å²) < 4.78 is 5.80. The molecule has 1 saturated heterocycles. The van der Waals surface area contributed by atoms with Crippen molar-refractivity contribution in [1.82, 2.24) is 9.80 Å². The molecule has 0 atom stereocenters. The van der Waals surface area contributed by atoms with E-state index < -0.39 is 14.5 Å². The van der Waals surface area contributed by atoms with E-state index in [0.717, 1.165) is 42.2 Å². The molecule has 1 aliphatic carbocycles. The summed E-state index contributed by atoms with van der Waals surface area (Å²) in [6, 6.07) is 0.429. The predicted molar refractivity (Wildman–Crippen MR) is 87.3 cm³/mol. The van der Waals surface area contributed by atoms with Crippen LogP contribution in [-0.2, 0) is 14.5 Å². The zero-order valence-corrected chi connectivity index (χ0v) is 16.8. The van der Waals surface area contributed by atoms with E-state index in [1.54, 1.807) is 0 Å². The zero-order valence-electron chi connectivity index (χ0n) is 13.7. The molecule has 123 valence electrons. The van der Waals surface area contributed by atoms with Crippen molar-refractivity contribution in [3.05, 3.63) is 0 Å². The Balaban J connectivity index is 2.18. The summed E-state index contributed by atoms with van der Waals surface area (Å²) >= 11 is -3.25. The van der Waals surface area contributed by atoms with Crippen LogP contribution in [0.5, 0.6) is 0 Å². The molecule has 0 radical (unpaired) electrons. The van der Waals surface area contributed by atoms with Gasteiger partial charge in [-0.1, -0.05) is 0 Å². The molecule has 2 rings (SSSR count). The fourth-order valence-electron chi connectivity index (χ4n) is 3.12. The predicted octanol–water partition coefficient (Wildman–Crippen LogP) is 2.81. The van der Waals surface area contributed by atoms with E-state index >= 15 is 0 Å². The van der Waals surface area contributed by atoms with Crippen LogP contribution in [0.3, 0.4) is 0 Å². The molecule has 1 saturated carbocycles. The van der Waals surface area contributed by atoms with E-state index in [1.165, 1.54) is 25.7 Å². The van der Waals surface area contributed by atoms with Crippen LogP contribution in [0.2, 0.25) is 0 Å². The Hall–Kier alpha value is 0.974. The van der Waals surface area contributed by atoms with Crippen molar-refractivity contribution in [3.8, 4) is 0 Å². The SMILES string of the molecule is CN1CCN(C)CC[N+](C)([Ti]([Cl])([Cl])=[N]C2CCCC2)CC1. The number of likely N-dealkylation sites (N-methyl/N-ethyl adjacent to an activating group) is 3. The molecule has 0 unspecified atom stereocenters. The second kappa shape index (κ2) is 7.70. The van der Waals surface area contributed by atoms with Gasteiger partial charge in [0.2, 0.25) is 0 Å². The first-order chi connectivity index (χ1) is 9.82. The molecule has 0 bridgehead atoms. The number of quaternary nitrogens is 1. The number of nitrogens with zero attached hydrogens (tertiary/aromatic N) is 4. The van der Waals surface area contributed by atoms with Crippen LogP contribution in [0.1, 0.15) is 25.7 Å². The van der Waals surface area contributed by atoms with Gasteiger partial charge in [-0.3, -0.25) is 0 Å². The molecule has 0 amide bonds. The summed E-state index contributed by atoms with van der Waals surface area (Å²) in [6.07, 6.45) is 4.95. The Morgan fingerprint density at radius 2 is 1.43 bits per heavy atom. The Morgan fingerprint density at radius 1 is 0.952 bits per heavy atom. The summed E-state index contributed by atoms with van der Waals surface area (Å²) in [7, 11) is 20.5. The van der Waals surface area contributed by atoms with E-state index in [1.807, 2.05) is 0 Å². The summed E-state index contributed by atoms with van der Waals surface area (Å²) in [4.78, 5) is 4.78. The second-order valence-corrected chi connectivity index (χ2v) is 15.9. The Bertz CT molecular complexity index is 378. The normalized spacial score (nSPS) is 27.1. The average Bonchev–Trinajstić information content (AvgIpc) is 2.92. The van der Waals surface area contributed by atoms with Crippen molar-refractivity contribution in [1.29, 1.82) is 0 Å². The second-order valence-electron chi connectivity index (χ2n) is 7.03. The van der Waals surface area contributed by atoms with Crippen molar-refractivity contribution in [2.75, 3.05) is 60.4 Å². The summed E-state index contributed by atoms with van der Waals surface area (Å²) in [6.45, 7) is 6.37. The molecule has 0 aromatic heterocycles. The fraction of sp³-hybridized carbons (Fsp3) is 1.00. The molecular formula is C14H30Cl2N4Ti+. The molecule has 0 aromatic rings. The Kier molecular flexibility index (Phi) is 6.71. The van der Waals surface area contributed by atoms with E-state index in [9.17, 15) is 0 Å². The maximum absolute atomic E-state index is 6.93. The quantitative estimate of drug-likeness (QED) is 0.694. The van der Waals surface area contributed by atoms with Crippen LogP contribution < -0.4 is 0 Å². The summed E-state index contributed by atoms with van der Waals surface area (Å²) in [5.74, 6) is 0. The topological polar surface area (TPSA) is 18.8 Å². The van der Waals surface area contributed by atoms with Crippen LogP contribution in [0.25, 0.3) is 0 Å². The van der Waals surface area contributed by atoms with Gasteiger partial charge in [0.05, 0.1) is 0 Å². The van der Waals surface area contributed by atoms with Crippen LogP contribution in [0.15, 0.2) is 3.42 Å². The molecule has 0 N–H and O–H groups in total. The molecular weight excluding hydrogens is 343 g/mol. The standard InChI is InChI=1S/C9H21N3.C5H9N.2ClH.Ti/c1-10-4-6-11(2)8-9-12(3)7-5-10;6-5-3-1-2-4-5;;;/h4-9H2,1-3H3;5H,1-4H2;2*1H;/q;;;;+3/p-2. The van der Waals surface area contributed by atoms with E-state index in [4.69, 9.17) is 22.0 Å². The first kappa shape index (κ1) is 18.3. The van der Waals surface area contributed by atoms with Gasteiger partial charge in [-0.25, -0.2) is 0 Å². The number of halogens is 2. The minimum absolute atomic E-state index is 0.429. The van der Waals surface area contributed by atoms with Gasteiger partial charge in [0.1, 0.15) is 0 Å². The molecule has 0 spiro atoms. The Labute approximate surface area is 141 Å². The van der Waals surface area contributed by atoms with Crippen molar-refractivity contribution in [2.45, 2.75) is 31.7 Å². The van der Waals surface area contributed by atoms with Gasteiger partial charge < -0.3 is 0 Å². The van der Waals surface area contributed by atoms with Crippen molar-refractivity contribution < 1.29 is 17.5 Å². The van der Waals surface area contributed by atoms with Gasteiger partial charge in [-0.15, -0.1) is 0 Å². The molecule has 1 heterocycles. The summed E-state index contributed by atoms with van der Waals surface area (Å²) in [5.41, 5.74) is 0. The monoisotopic (exact) mass is 372 g/mol. The third-order valence-electron chi connectivity index (χ3n) is 5.13. The molecule has 4 nitrogen and oxygen atoms in total. The van der Waals surface area contributed by atoms with Gasteiger partial charge in [0.25, 0.3) is 0 Å². The van der Waals surface area contributed by atoms with Gasteiger partial charge in [-0.2, -0.15) is 0 Å². The zero-order chi connectivity index (χ0) is 15.5. The minimum atomic E-state index is -3.25. The molecule has 7 heteroatoms. The average molecular weight is 373 g/mol. The van der Waals surface area contributed by atoms with E-state index in [-0.39, 0.29) is 0 Å². The van der Waals surface area contributed by atoms with Gasteiger partial charge in [0, 0.05) is 0 Å². The van der Waals surface area contributed by atoms with Crippen LogP contribution in [-0.4, -0.2) is 79.2 Å². The van der Waals surface area contributed by atoms with E-state index in [2.05, 4.69) is 30.9 Å². The third kappa shape index (κ3) is 4.97. The maximum atomic E-state index is 6.93. The van der Waals surface area contributed by atoms with Gasteiger partial charge in [-0.05, 0) is 0 Å². The van der Waals surface area contributed by atoms with Crippen LogP contribution in [0.4, 0.5) is 0 Å². The molecule has 1 aliphatic heterocycles. The van der Waals surface area contributed by atoms with Gasteiger partial charge >= 0.3 is 141 Å². The van der Waals surface area contributed by atoms with Gasteiger partial charge in [0.15, 0.2) is 0 Å².